The molecule has 0 aliphatic carbocycles. The molecular formula is C18H10Cl3N3S. The number of anilines is 1. The maximum atomic E-state index is 9.43. The Bertz CT molecular complexity index is 989. The fourth-order valence-corrected chi connectivity index (χ4v) is 3.57. The summed E-state index contributed by atoms with van der Waals surface area (Å²) in [7, 11) is 0. The topological polar surface area (TPSA) is 48.7 Å². The Morgan fingerprint density at radius 3 is 2.64 bits per heavy atom. The molecule has 0 saturated heterocycles. The second-order valence-electron chi connectivity index (χ2n) is 4.96. The first-order valence-corrected chi connectivity index (χ1v) is 9.12. The molecule has 0 aliphatic heterocycles. The van der Waals surface area contributed by atoms with Gasteiger partial charge in [-0.2, -0.15) is 5.26 Å². The van der Waals surface area contributed by atoms with Crippen molar-refractivity contribution in [1.29, 1.82) is 5.26 Å². The summed E-state index contributed by atoms with van der Waals surface area (Å²) in [6.07, 6.45) is 1.59. The molecule has 25 heavy (non-hydrogen) atoms. The molecule has 1 N–H and O–H groups in total. The maximum absolute atomic E-state index is 9.43. The molecule has 3 rings (SSSR count). The number of rotatable bonds is 4. The predicted octanol–water partition coefficient (Wildman–Crippen LogP) is 6.75. The number of hydrogen-bond donors (Lipinski definition) is 1. The summed E-state index contributed by atoms with van der Waals surface area (Å²) in [6, 6.07) is 14.7. The standard InChI is InChI=1S/C18H10Cl3N3S/c19-12-5-6-13(15(21)7-12)17-10-25-18(24-17)11(8-22)9-23-16-4-2-1-3-14(16)20/h1-7,9-10,23H/b11-9-. The van der Waals surface area contributed by atoms with Gasteiger partial charge in [0.2, 0.25) is 0 Å². The van der Waals surface area contributed by atoms with Crippen LogP contribution in [-0.4, -0.2) is 4.98 Å². The summed E-state index contributed by atoms with van der Waals surface area (Å²) in [5.41, 5.74) is 2.58. The Morgan fingerprint density at radius 1 is 1.12 bits per heavy atom. The van der Waals surface area contributed by atoms with Crippen LogP contribution in [0.5, 0.6) is 0 Å². The highest BCUT2D eigenvalue weighted by Gasteiger charge is 2.12. The highest BCUT2D eigenvalue weighted by Crippen LogP contribution is 2.32. The first-order valence-electron chi connectivity index (χ1n) is 7.11. The number of thiazole rings is 1. The maximum Gasteiger partial charge on any atom is 0.136 e. The van der Waals surface area contributed by atoms with Crippen molar-refractivity contribution in [3.05, 3.63) is 74.1 Å². The lowest BCUT2D eigenvalue weighted by atomic mass is 10.2. The summed E-state index contributed by atoms with van der Waals surface area (Å²) >= 11 is 19.6. The third-order valence-corrected chi connectivity index (χ3v) is 5.06. The Balaban J connectivity index is 1.88. The molecule has 0 amide bonds. The van der Waals surface area contributed by atoms with Gasteiger partial charge in [0.05, 0.1) is 21.4 Å². The predicted molar refractivity (Wildman–Crippen MR) is 106 cm³/mol. The minimum absolute atomic E-state index is 0.404. The van der Waals surface area contributed by atoms with Crippen LogP contribution < -0.4 is 5.32 Å². The number of benzene rings is 2. The van der Waals surface area contributed by atoms with E-state index in [1.807, 2.05) is 23.6 Å². The summed E-state index contributed by atoms with van der Waals surface area (Å²) in [4.78, 5) is 4.50. The molecule has 0 radical (unpaired) electrons. The number of allylic oxidation sites excluding steroid dienone is 1. The van der Waals surface area contributed by atoms with Gasteiger partial charge in [-0.25, -0.2) is 4.98 Å². The zero-order chi connectivity index (χ0) is 17.8. The Morgan fingerprint density at radius 2 is 1.92 bits per heavy atom. The number of nitriles is 1. The van der Waals surface area contributed by atoms with E-state index in [-0.39, 0.29) is 0 Å². The Labute approximate surface area is 164 Å². The number of nitrogens with one attached hydrogen (secondary N) is 1. The van der Waals surface area contributed by atoms with Gasteiger partial charge in [-0.05, 0) is 30.3 Å². The number of halogens is 3. The molecule has 0 atom stereocenters. The molecule has 0 spiro atoms. The number of aromatic nitrogens is 1. The van der Waals surface area contributed by atoms with E-state index in [4.69, 9.17) is 34.8 Å². The molecule has 3 nitrogen and oxygen atoms in total. The molecule has 0 fully saturated rings. The lowest BCUT2D eigenvalue weighted by Crippen LogP contribution is -1.91. The van der Waals surface area contributed by atoms with E-state index in [2.05, 4.69) is 16.4 Å². The van der Waals surface area contributed by atoms with E-state index in [1.165, 1.54) is 11.3 Å². The SMILES string of the molecule is N#C/C(=C/Nc1ccccc1Cl)c1nc(-c2ccc(Cl)cc2Cl)cs1. The van der Waals surface area contributed by atoms with Crippen molar-refractivity contribution in [3.63, 3.8) is 0 Å². The van der Waals surface area contributed by atoms with Crippen LogP contribution in [0.15, 0.2) is 54.0 Å². The van der Waals surface area contributed by atoms with Crippen LogP contribution in [0.2, 0.25) is 15.1 Å². The van der Waals surface area contributed by atoms with Crippen molar-refractivity contribution in [2.45, 2.75) is 0 Å². The Hall–Kier alpha value is -2.03. The summed E-state index contributed by atoms with van der Waals surface area (Å²) in [5, 5.41) is 16.6. The number of para-hydroxylation sites is 1. The molecule has 0 aliphatic rings. The lowest BCUT2D eigenvalue weighted by Gasteiger charge is -2.03. The van der Waals surface area contributed by atoms with Gasteiger partial charge < -0.3 is 5.32 Å². The third-order valence-electron chi connectivity index (χ3n) is 3.31. The van der Waals surface area contributed by atoms with Crippen LogP contribution in [0.3, 0.4) is 0 Å². The van der Waals surface area contributed by atoms with Crippen molar-refractivity contribution in [2.24, 2.45) is 0 Å². The van der Waals surface area contributed by atoms with Gasteiger partial charge in [-0.15, -0.1) is 11.3 Å². The minimum atomic E-state index is 0.404. The van der Waals surface area contributed by atoms with Crippen LogP contribution in [0.1, 0.15) is 5.01 Å². The fraction of sp³-hybridized carbons (Fsp3) is 0. The molecule has 0 unspecified atom stereocenters. The molecule has 3 aromatic rings. The second kappa shape index (κ2) is 7.90. The van der Waals surface area contributed by atoms with Crippen LogP contribution in [-0.2, 0) is 0 Å². The summed E-state index contributed by atoms with van der Waals surface area (Å²) in [5.74, 6) is 0. The first-order chi connectivity index (χ1) is 12.1. The van der Waals surface area contributed by atoms with Crippen LogP contribution in [0.25, 0.3) is 16.8 Å². The molecular weight excluding hydrogens is 397 g/mol. The summed E-state index contributed by atoms with van der Waals surface area (Å²) in [6.45, 7) is 0. The molecule has 124 valence electrons. The van der Waals surface area contributed by atoms with Gasteiger partial charge in [-0.1, -0.05) is 46.9 Å². The highest BCUT2D eigenvalue weighted by atomic mass is 35.5. The van der Waals surface area contributed by atoms with Gasteiger partial charge in [0, 0.05) is 22.2 Å². The van der Waals surface area contributed by atoms with Crippen LogP contribution >= 0.6 is 46.1 Å². The van der Waals surface area contributed by atoms with E-state index < -0.39 is 0 Å². The molecule has 1 aromatic heterocycles. The smallest absolute Gasteiger partial charge is 0.136 e. The second-order valence-corrected chi connectivity index (χ2v) is 7.07. The highest BCUT2D eigenvalue weighted by molar-refractivity contribution is 7.11. The van der Waals surface area contributed by atoms with Gasteiger partial charge >= 0.3 is 0 Å². The largest absolute Gasteiger partial charge is 0.359 e. The van der Waals surface area contributed by atoms with E-state index in [1.54, 1.807) is 30.5 Å². The van der Waals surface area contributed by atoms with Gasteiger partial charge in [0.25, 0.3) is 0 Å². The average Bonchev–Trinajstić information content (AvgIpc) is 3.06. The minimum Gasteiger partial charge on any atom is -0.359 e. The summed E-state index contributed by atoms with van der Waals surface area (Å²) < 4.78 is 0. The number of hydrogen-bond acceptors (Lipinski definition) is 4. The van der Waals surface area contributed by atoms with Gasteiger partial charge in [0.1, 0.15) is 16.6 Å². The normalized spacial score (nSPS) is 11.2. The van der Waals surface area contributed by atoms with Gasteiger partial charge in [-0.3, -0.25) is 0 Å². The van der Waals surface area contributed by atoms with Crippen molar-refractivity contribution >= 4 is 57.4 Å². The van der Waals surface area contributed by atoms with Crippen molar-refractivity contribution < 1.29 is 0 Å². The Kier molecular flexibility index (Phi) is 5.62. The zero-order valence-corrected chi connectivity index (χ0v) is 15.7. The van der Waals surface area contributed by atoms with E-state index in [0.717, 1.165) is 11.3 Å². The van der Waals surface area contributed by atoms with Crippen molar-refractivity contribution in [3.8, 4) is 17.3 Å². The van der Waals surface area contributed by atoms with Gasteiger partial charge in [0.15, 0.2) is 0 Å². The zero-order valence-electron chi connectivity index (χ0n) is 12.6. The molecule has 0 bridgehead atoms. The van der Waals surface area contributed by atoms with E-state index >= 15 is 0 Å². The average molecular weight is 407 g/mol. The van der Waals surface area contributed by atoms with E-state index in [9.17, 15) is 5.26 Å². The van der Waals surface area contributed by atoms with Crippen molar-refractivity contribution in [2.75, 3.05) is 5.32 Å². The quantitative estimate of drug-likeness (QED) is 0.488. The third kappa shape index (κ3) is 4.15. The first kappa shape index (κ1) is 17.8. The molecule has 0 saturated carbocycles. The molecule has 1 heterocycles. The molecule has 2 aromatic carbocycles. The van der Waals surface area contributed by atoms with Crippen molar-refractivity contribution in [1.82, 2.24) is 4.98 Å². The lowest BCUT2D eigenvalue weighted by molar-refractivity contribution is 1.36. The number of nitrogens with zero attached hydrogens (tertiary/aromatic N) is 2. The van der Waals surface area contributed by atoms with E-state index in [0.29, 0.717) is 31.3 Å². The monoisotopic (exact) mass is 405 g/mol. The fourth-order valence-electron chi connectivity index (χ4n) is 2.09. The van der Waals surface area contributed by atoms with Crippen LogP contribution in [0.4, 0.5) is 5.69 Å². The molecule has 7 heteroatoms. The van der Waals surface area contributed by atoms with Crippen LogP contribution in [0, 0.1) is 11.3 Å².